The predicted octanol–water partition coefficient (Wildman–Crippen LogP) is 0.162. The summed E-state index contributed by atoms with van der Waals surface area (Å²) in [5, 5.41) is 10.2. The first-order valence-electron chi connectivity index (χ1n) is 2.74. The molecule has 0 aliphatic carbocycles. The maximum atomic E-state index is 10.5. The third-order valence-electron chi connectivity index (χ3n) is 0.826. The molecule has 0 fully saturated rings. The molecule has 1 atom stereocenters. The van der Waals surface area contributed by atoms with Gasteiger partial charge in [0.05, 0.1) is 0 Å². The molecule has 2 N–H and O–H groups in total. The van der Waals surface area contributed by atoms with E-state index in [1.165, 1.54) is 0 Å². The van der Waals surface area contributed by atoms with Gasteiger partial charge in [-0.2, -0.15) is 0 Å². The van der Waals surface area contributed by atoms with Crippen molar-refractivity contribution in [2.45, 2.75) is 18.8 Å². The average molecular weight is 166 g/mol. The summed E-state index contributed by atoms with van der Waals surface area (Å²) < 4.78 is 0. The van der Waals surface area contributed by atoms with E-state index in [1.54, 1.807) is 6.92 Å². The quantitative estimate of drug-likeness (QED) is 0.463. The Balaban J connectivity index is 3.68. The number of rotatable bonds is 3. The van der Waals surface area contributed by atoms with Crippen LogP contribution >= 0.6 is 11.6 Å². The summed E-state index contributed by atoms with van der Waals surface area (Å²) in [4.78, 5) is 20.5. The molecular weight excluding hydrogens is 158 g/mol. The first-order valence-corrected chi connectivity index (χ1v) is 3.17. The van der Waals surface area contributed by atoms with Crippen LogP contribution in [0.25, 0.3) is 0 Å². The first kappa shape index (κ1) is 9.23. The maximum absolute atomic E-state index is 10.5. The molecular formula is C5H8ClNO3. The molecule has 0 aliphatic heterocycles. The predicted molar refractivity (Wildman–Crippen MR) is 35.7 cm³/mol. The Morgan fingerprint density at radius 1 is 1.70 bits per heavy atom. The number of halogens is 1. The van der Waals surface area contributed by atoms with Gasteiger partial charge in [0.25, 0.3) is 0 Å². The summed E-state index contributed by atoms with van der Waals surface area (Å²) in [6.45, 7) is 1.61. The van der Waals surface area contributed by atoms with Gasteiger partial charge < -0.3 is 10.4 Å². The van der Waals surface area contributed by atoms with E-state index in [4.69, 9.17) is 16.7 Å². The van der Waals surface area contributed by atoms with Crippen molar-refractivity contribution in [3.63, 3.8) is 0 Å². The minimum atomic E-state index is -1.31. The molecule has 5 heteroatoms. The molecule has 0 aromatic heterocycles. The van der Waals surface area contributed by atoms with Crippen LogP contribution in [0, 0.1) is 0 Å². The van der Waals surface area contributed by atoms with Crippen molar-refractivity contribution in [1.82, 2.24) is 5.32 Å². The second kappa shape index (κ2) is 4.11. The maximum Gasteiger partial charge on any atom is 0.341 e. The number of hydrogen-bond donors (Lipinski definition) is 2. The number of amides is 1. The molecule has 0 rings (SSSR count). The fraction of sp³-hybridized carbons (Fsp3) is 0.600. The number of carboxylic acids is 1. The van der Waals surface area contributed by atoms with Crippen molar-refractivity contribution in [2.24, 2.45) is 0 Å². The SMILES string of the molecule is CCC(=O)NC(Cl)C(=O)O. The van der Waals surface area contributed by atoms with Crippen LogP contribution in [-0.2, 0) is 9.59 Å². The zero-order chi connectivity index (χ0) is 8.15. The molecule has 1 unspecified atom stereocenters. The summed E-state index contributed by atoms with van der Waals surface area (Å²) in [5.41, 5.74) is -1.31. The van der Waals surface area contributed by atoms with Gasteiger partial charge in [0.1, 0.15) is 0 Å². The Hall–Kier alpha value is -0.770. The highest BCUT2D eigenvalue weighted by Crippen LogP contribution is 1.90. The third-order valence-corrected chi connectivity index (χ3v) is 1.12. The molecule has 4 nitrogen and oxygen atoms in total. The van der Waals surface area contributed by atoms with E-state index in [-0.39, 0.29) is 12.3 Å². The lowest BCUT2D eigenvalue weighted by molar-refractivity contribution is -0.139. The minimum absolute atomic E-state index is 0.233. The Morgan fingerprint density at radius 2 is 2.20 bits per heavy atom. The molecule has 0 saturated heterocycles. The number of nitrogens with one attached hydrogen (secondary N) is 1. The van der Waals surface area contributed by atoms with Crippen molar-refractivity contribution < 1.29 is 14.7 Å². The topological polar surface area (TPSA) is 66.4 Å². The minimum Gasteiger partial charge on any atom is -0.479 e. The van der Waals surface area contributed by atoms with Gasteiger partial charge in [-0.1, -0.05) is 18.5 Å². The zero-order valence-corrected chi connectivity index (χ0v) is 6.18. The summed E-state index contributed by atoms with van der Waals surface area (Å²) in [7, 11) is 0. The van der Waals surface area contributed by atoms with Crippen LogP contribution in [0.1, 0.15) is 13.3 Å². The summed E-state index contributed by atoms with van der Waals surface area (Å²) in [5.74, 6) is -1.62. The lowest BCUT2D eigenvalue weighted by Gasteiger charge is -2.04. The summed E-state index contributed by atoms with van der Waals surface area (Å²) in [6, 6.07) is 0. The highest BCUT2D eigenvalue weighted by Gasteiger charge is 2.14. The Bertz CT molecular complexity index is 148. The third kappa shape index (κ3) is 3.29. The van der Waals surface area contributed by atoms with E-state index in [0.29, 0.717) is 0 Å². The lowest BCUT2D eigenvalue weighted by Crippen LogP contribution is -2.35. The second-order valence-corrected chi connectivity index (χ2v) is 2.06. The van der Waals surface area contributed by atoms with E-state index < -0.39 is 11.5 Å². The van der Waals surface area contributed by atoms with E-state index in [0.717, 1.165) is 0 Å². The molecule has 0 heterocycles. The molecule has 0 bridgehead atoms. The molecule has 0 spiro atoms. The zero-order valence-electron chi connectivity index (χ0n) is 5.43. The lowest BCUT2D eigenvalue weighted by atomic mass is 10.4. The van der Waals surface area contributed by atoms with Crippen molar-refractivity contribution in [3.8, 4) is 0 Å². The smallest absolute Gasteiger partial charge is 0.341 e. The number of aliphatic carboxylic acids is 1. The molecule has 1 amide bonds. The van der Waals surface area contributed by atoms with Gasteiger partial charge in [0, 0.05) is 6.42 Å². The number of carboxylic acid groups (broad SMARTS) is 1. The molecule has 10 heavy (non-hydrogen) atoms. The summed E-state index contributed by atoms with van der Waals surface area (Å²) >= 11 is 5.16. The van der Waals surface area contributed by atoms with Crippen molar-refractivity contribution in [3.05, 3.63) is 0 Å². The van der Waals surface area contributed by atoms with Gasteiger partial charge in [-0.3, -0.25) is 4.79 Å². The van der Waals surface area contributed by atoms with Crippen molar-refractivity contribution in [1.29, 1.82) is 0 Å². The standard InChI is InChI=1S/C5H8ClNO3/c1-2-3(8)7-4(6)5(9)10/h4H,2H2,1H3,(H,7,8)(H,9,10). The van der Waals surface area contributed by atoms with Gasteiger partial charge in [0.15, 0.2) is 0 Å². The van der Waals surface area contributed by atoms with Gasteiger partial charge in [-0.15, -0.1) is 0 Å². The van der Waals surface area contributed by atoms with Crippen LogP contribution < -0.4 is 5.32 Å². The molecule has 0 aromatic rings. The van der Waals surface area contributed by atoms with Crippen LogP contribution in [-0.4, -0.2) is 22.5 Å². The van der Waals surface area contributed by atoms with Crippen molar-refractivity contribution >= 4 is 23.5 Å². The Labute approximate surface area is 63.2 Å². The van der Waals surface area contributed by atoms with Crippen LogP contribution in [0.2, 0.25) is 0 Å². The number of carbonyl (C=O) groups is 2. The average Bonchev–Trinajstić information content (AvgIpc) is 1.87. The normalized spacial score (nSPS) is 12.2. The monoisotopic (exact) mass is 165 g/mol. The Kier molecular flexibility index (Phi) is 3.79. The first-order chi connectivity index (χ1) is 4.57. The van der Waals surface area contributed by atoms with E-state index in [9.17, 15) is 9.59 Å². The van der Waals surface area contributed by atoms with Crippen molar-refractivity contribution in [2.75, 3.05) is 0 Å². The summed E-state index contributed by atoms with van der Waals surface area (Å²) in [6.07, 6.45) is 0.233. The number of alkyl halides is 1. The van der Waals surface area contributed by atoms with E-state index >= 15 is 0 Å². The largest absolute Gasteiger partial charge is 0.479 e. The van der Waals surface area contributed by atoms with Gasteiger partial charge in [-0.05, 0) is 0 Å². The fourth-order valence-electron chi connectivity index (χ4n) is 0.305. The molecule has 58 valence electrons. The molecule has 0 radical (unpaired) electrons. The Morgan fingerprint density at radius 3 is 2.50 bits per heavy atom. The van der Waals surface area contributed by atoms with E-state index in [1.807, 2.05) is 0 Å². The van der Waals surface area contributed by atoms with Crippen LogP contribution in [0.15, 0.2) is 0 Å². The fourth-order valence-corrected chi connectivity index (χ4v) is 0.427. The second-order valence-electron chi connectivity index (χ2n) is 1.62. The molecule has 0 aromatic carbocycles. The van der Waals surface area contributed by atoms with Crippen LogP contribution in [0.3, 0.4) is 0 Å². The molecule has 0 aliphatic rings. The van der Waals surface area contributed by atoms with Crippen LogP contribution in [0.4, 0.5) is 0 Å². The highest BCUT2D eigenvalue weighted by molar-refractivity contribution is 6.30. The number of hydrogen-bond acceptors (Lipinski definition) is 2. The van der Waals surface area contributed by atoms with E-state index in [2.05, 4.69) is 5.32 Å². The van der Waals surface area contributed by atoms with Crippen LogP contribution in [0.5, 0.6) is 0 Å². The number of carbonyl (C=O) groups excluding carboxylic acids is 1. The van der Waals surface area contributed by atoms with Gasteiger partial charge >= 0.3 is 5.97 Å². The van der Waals surface area contributed by atoms with Gasteiger partial charge in [-0.25, -0.2) is 4.79 Å². The molecule has 0 saturated carbocycles. The van der Waals surface area contributed by atoms with Gasteiger partial charge in [0.2, 0.25) is 11.4 Å². The highest BCUT2D eigenvalue weighted by atomic mass is 35.5.